The minimum atomic E-state index is -0.503. The van der Waals surface area contributed by atoms with Crippen molar-refractivity contribution >= 4 is 11.0 Å². The third kappa shape index (κ3) is 1.68. The predicted molar refractivity (Wildman–Crippen MR) is 60.1 cm³/mol. The molecule has 7 heteroatoms. The van der Waals surface area contributed by atoms with E-state index in [0.717, 1.165) is 12.8 Å². The van der Waals surface area contributed by atoms with E-state index >= 15 is 0 Å². The van der Waals surface area contributed by atoms with Crippen molar-refractivity contribution < 1.29 is 4.74 Å². The van der Waals surface area contributed by atoms with Crippen molar-refractivity contribution in [2.45, 2.75) is 18.9 Å². The zero-order chi connectivity index (χ0) is 11.8. The van der Waals surface area contributed by atoms with Crippen LogP contribution in [0.2, 0.25) is 0 Å². The third-order valence-electron chi connectivity index (χ3n) is 3.04. The van der Waals surface area contributed by atoms with E-state index in [1.807, 2.05) is 0 Å². The topological polar surface area (TPSA) is 92.8 Å². The highest BCUT2D eigenvalue weighted by Crippen LogP contribution is 2.22. The van der Waals surface area contributed by atoms with Crippen molar-refractivity contribution in [1.82, 2.24) is 19.7 Å². The Hall–Kier alpha value is -1.89. The van der Waals surface area contributed by atoms with Crippen LogP contribution in [0.15, 0.2) is 15.8 Å². The molecule has 2 N–H and O–H groups in total. The minimum absolute atomic E-state index is 0.179. The van der Waals surface area contributed by atoms with Crippen LogP contribution in [0.3, 0.4) is 0 Å². The van der Waals surface area contributed by atoms with Crippen molar-refractivity contribution in [3.63, 3.8) is 0 Å². The molecule has 0 atom stereocenters. The van der Waals surface area contributed by atoms with Gasteiger partial charge in [0.2, 0.25) is 0 Å². The first-order valence-corrected chi connectivity index (χ1v) is 5.53. The van der Waals surface area contributed by atoms with Crippen molar-refractivity contribution in [2.24, 2.45) is 0 Å². The van der Waals surface area contributed by atoms with E-state index in [2.05, 4.69) is 15.1 Å². The molecule has 0 amide bonds. The molecule has 0 saturated carbocycles. The van der Waals surface area contributed by atoms with Gasteiger partial charge in [-0.1, -0.05) is 0 Å². The van der Waals surface area contributed by atoms with E-state index in [4.69, 9.17) is 4.74 Å². The lowest BCUT2D eigenvalue weighted by molar-refractivity contribution is 0.0673. The predicted octanol–water partition coefficient (Wildman–Crippen LogP) is -0.236. The summed E-state index contributed by atoms with van der Waals surface area (Å²) in [6.45, 7) is 1.36. The van der Waals surface area contributed by atoms with Crippen LogP contribution in [0.5, 0.6) is 0 Å². The number of nitrogens with zero attached hydrogens (tertiary/aromatic N) is 2. The average Bonchev–Trinajstić information content (AvgIpc) is 2.74. The summed E-state index contributed by atoms with van der Waals surface area (Å²) < 4.78 is 6.99. The number of hydrogen-bond acceptors (Lipinski definition) is 4. The van der Waals surface area contributed by atoms with Crippen LogP contribution in [-0.2, 0) is 4.74 Å². The third-order valence-corrected chi connectivity index (χ3v) is 3.04. The Morgan fingerprint density at radius 1 is 1.29 bits per heavy atom. The van der Waals surface area contributed by atoms with Crippen LogP contribution in [0.4, 0.5) is 0 Å². The fourth-order valence-corrected chi connectivity index (χ4v) is 2.17. The van der Waals surface area contributed by atoms with Crippen LogP contribution >= 0.6 is 0 Å². The standard InChI is InChI=1S/C10H12N4O3/c15-9-7-5-11-14(6-1-3-17-4-2-6)8(7)12-10(16)13-9/h5-6H,1-4H2,(H2,12,13,15,16). The number of aromatic amines is 2. The molecular weight excluding hydrogens is 224 g/mol. The molecule has 0 spiro atoms. The van der Waals surface area contributed by atoms with E-state index in [-0.39, 0.29) is 6.04 Å². The van der Waals surface area contributed by atoms with Gasteiger partial charge in [0.25, 0.3) is 5.56 Å². The molecule has 7 nitrogen and oxygen atoms in total. The van der Waals surface area contributed by atoms with Gasteiger partial charge in [-0.3, -0.25) is 14.8 Å². The highest BCUT2D eigenvalue weighted by Gasteiger charge is 2.19. The van der Waals surface area contributed by atoms with Crippen LogP contribution in [-0.4, -0.2) is 33.0 Å². The molecule has 2 aromatic heterocycles. The molecule has 0 aliphatic carbocycles. The molecule has 3 heterocycles. The summed E-state index contributed by atoms with van der Waals surface area (Å²) in [7, 11) is 0. The normalized spacial score (nSPS) is 17.6. The number of fused-ring (bicyclic) bond motifs is 1. The number of ether oxygens (including phenoxy) is 1. The molecule has 17 heavy (non-hydrogen) atoms. The second-order valence-corrected chi connectivity index (χ2v) is 4.10. The summed E-state index contributed by atoms with van der Waals surface area (Å²) in [5.74, 6) is 0. The first kappa shape index (κ1) is 10.3. The summed E-state index contributed by atoms with van der Waals surface area (Å²) in [5.41, 5.74) is -0.413. The molecule has 3 rings (SSSR count). The largest absolute Gasteiger partial charge is 0.381 e. The lowest BCUT2D eigenvalue weighted by Gasteiger charge is -2.22. The Bertz CT molecular complexity index is 647. The number of H-pyrrole nitrogens is 2. The van der Waals surface area contributed by atoms with Gasteiger partial charge in [-0.05, 0) is 12.8 Å². The van der Waals surface area contributed by atoms with Gasteiger partial charge in [-0.2, -0.15) is 5.10 Å². The summed E-state index contributed by atoms with van der Waals surface area (Å²) >= 11 is 0. The fraction of sp³-hybridized carbons (Fsp3) is 0.500. The maximum absolute atomic E-state index is 11.5. The summed E-state index contributed by atoms with van der Waals surface area (Å²) in [6, 6.07) is 0.179. The Balaban J connectivity index is 2.17. The molecule has 0 unspecified atom stereocenters. The van der Waals surface area contributed by atoms with E-state index in [1.165, 1.54) is 6.20 Å². The van der Waals surface area contributed by atoms with Gasteiger partial charge in [-0.25, -0.2) is 9.48 Å². The van der Waals surface area contributed by atoms with Gasteiger partial charge in [0.1, 0.15) is 11.0 Å². The minimum Gasteiger partial charge on any atom is -0.381 e. The van der Waals surface area contributed by atoms with Crippen molar-refractivity contribution in [1.29, 1.82) is 0 Å². The van der Waals surface area contributed by atoms with E-state index in [9.17, 15) is 9.59 Å². The first-order chi connectivity index (χ1) is 8.25. The summed E-state index contributed by atoms with van der Waals surface area (Å²) in [6.07, 6.45) is 3.16. The maximum Gasteiger partial charge on any atom is 0.327 e. The molecule has 1 saturated heterocycles. The van der Waals surface area contributed by atoms with Gasteiger partial charge < -0.3 is 4.74 Å². The lowest BCUT2D eigenvalue weighted by atomic mass is 10.1. The highest BCUT2D eigenvalue weighted by atomic mass is 16.5. The van der Waals surface area contributed by atoms with E-state index < -0.39 is 11.2 Å². The fourth-order valence-electron chi connectivity index (χ4n) is 2.17. The SMILES string of the molecule is O=c1[nH]c(=O)c2cnn(C3CCOCC3)c2[nH]1. The average molecular weight is 236 g/mol. The molecule has 0 radical (unpaired) electrons. The van der Waals surface area contributed by atoms with Gasteiger partial charge >= 0.3 is 5.69 Å². The smallest absolute Gasteiger partial charge is 0.327 e. The number of nitrogens with one attached hydrogen (secondary N) is 2. The van der Waals surface area contributed by atoms with Gasteiger partial charge in [0, 0.05) is 13.2 Å². The molecule has 1 aliphatic heterocycles. The molecule has 1 fully saturated rings. The number of hydrogen-bond donors (Lipinski definition) is 2. The molecular formula is C10H12N4O3. The zero-order valence-corrected chi connectivity index (χ0v) is 9.10. The van der Waals surface area contributed by atoms with Crippen molar-refractivity contribution in [3.8, 4) is 0 Å². The van der Waals surface area contributed by atoms with Crippen LogP contribution in [0, 0.1) is 0 Å². The number of aromatic nitrogens is 4. The second-order valence-electron chi connectivity index (χ2n) is 4.10. The summed E-state index contributed by atoms with van der Waals surface area (Å²) in [4.78, 5) is 27.6. The summed E-state index contributed by atoms with van der Waals surface area (Å²) in [5, 5.41) is 4.60. The Morgan fingerprint density at radius 3 is 2.82 bits per heavy atom. The van der Waals surface area contributed by atoms with Gasteiger partial charge in [0.15, 0.2) is 0 Å². The Kier molecular flexibility index (Phi) is 2.32. The lowest BCUT2D eigenvalue weighted by Crippen LogP contribution is -2.25. The molecule has 90 valence electrons. The monoisotopic (exact) mass is 236 g/mol. The van der Waals surface area contributed by atoms with Crippen LogP contribution in [0.25, 0.3) is 11.0 Å². The van der Waals surface area contributed by atoms with Crippen molar-refractivity contribution in [2.75, 3.05) is 13.2 Å². The Morgan fingerprint density at radius 2 is 2.06 bits per heavy atom. The van der Waals surface area contributed by atoms with Crippen molar-refractivity contribution in [3.05, 3.63) is 27.0 Å². The van der Waals surface area contributed by atoms with E-state index in [0.29, 0.717) is 24.2 Å². The molecule has 0 aromatic carbocycles. The van der Waals surface area contributed by atoms with Crippen LogP contribution < -0.4 is 11.2 Å². The molecule has 0 bridgehead atoms. The first-order valence-electron chi connectivity index (χ1n) is 5.53. The quantitative estimate of drug-likeness (QED) is 0.715. The van der Waals surface area contributed by atoms with Gasteiger partial charge in [-0.15, -0.1) is 0 Å². The van der Waals surface area contributed by atoms with E-state index in [1.54, 1.807) is 4.68 Å². The maximum atomic E-state index is 11.5. The van der Waals surface area contributed by atoms with Gasteiger partial charge in [0.05, 0.1) is 12.2 Å². The zero-order valence-electron chi connectivity index (χ0n) is 9.10. The highest BCUT2D eigenvalue weighted by molar-refractivity contribution is 5.72. The van der Waals surface area contributed by atoms with Crippen LogP contribution in [0.1, 0.15) is 18.9 Å². The second kappa shape index (κ2) is 3.85. The Labute approximate surface area is 95.4 Å². The number of rotatable bonds is 1. The molecule has 1 aliphatic rings. The molecule has 2 aromatic rings.